The molecule has 1 amide bonds. The first-order chi connectivity index (χ1) is 17.5. The number of ketones is 1. The van der Waals surface area contributed by atoms with Gasteiger partial charge in [-0.1, -0.05) is 72.4 Å². The summed E-state index contributed by atoms with van der Waals surface area (Å²) in [5, 5.41) is 12.9. The summed E-state index contributed by atoms with van der Waals surface area (Å²) in [6.07, 6.45) is 0.187. The molecule has 4 rings (SSSR count). The lowest BCUT2D eigenvalue weighted by Crippen LogP contribution is -2.44. The molecule has 1 heterocycles. The van der Waals surface area contributed by atoms with Gasteiger partial charge >= 0.3 is 5.97 Å². The van der Waals surface area contributed by atoms with Crippen molar-refractivity contribution in [3.8, 4) is 6.07 Å². The van der Waals surface area contributed by atoms with E-state index in [1.165, 1.54) is 11.8 Å². The van der Waals surface area contributed by atoms with Crippen LogP contribution >= 0.6 is 11.8 Å². The minimum atomic E-state index is -1.01. The number of Topliss-reactive ketones (excluding diaryl/α,β-unsaturated/α-hetero) is 1. The highest BCUT2D eigenvalue weighted by atomic mass is 32.2. The molecule has 1 atom stereocenters. The van der Waals surface area contributed by atoms with Crippen LogP contribution in [0.5, 0.6) is 0 Å². The Labute approximate surface area is 213 Å². The van der Waals surface area contributed by atoms with Crippen molar-refractivity contribution < 1.29 is 19.1 Å². The minimum Gasteiger partial charge on any atom is -0.456 e. The van der Waals surface area contributed by atoms with Gasteiger partial charge in [-0.05, 0) is 29.8 Å². The van der Waals surface area contributed by atoms with Crippen LogP contribution in [0.1, 0.15) is 15.9 Å². The first-order valence-electron chi connectivity index (χ1n) is 11.2. The van der Waals surface area contributed by atoms with Crippen LogP contribution in [-0.4, -0.2) is 37.4 Å². The summed E-state index contributed by atoms with van der Waals surface area (Å²) in [6.45, 7) is -0.609. The number of esters is 1. The zero-order valence-corrected chi connectivity index (χ0v) is 20.3. The van der Waals surface area contributed by atoms with Crippen molar-refractivity contribution >= 4 is 35.1 Å². The molecule has 7 nitrogen and oxygen atoms in total. The molecule has 0 saturated heterocycles. The quantitative estimate of drug-likeness (QED) is 0.284. The number of hydrogen-bond acceptors (Lipinski definition) is 7. The van der Waals surface area contributed by atoms with Crippen LogP contribution in [0, 0.1) is 11.3 Å². The monoisotopic (exact) mass is 497 g/mol. The molecule has 1 N–H and O–H groups in total. The number of benzene rings is 3. The molecule has 0 bridgehead atoms. The molecule has 1 aliphatic heterocycles. The SMILES string of the molecule is CN1/C(=C(\C#N)C(=O)COC(=O)C(Cc2ccccc2)NC(=O)c2ccccc2)Sc2ccccc21. The number of nitrogens with one attached hydrogen (secondary N) is 1. The van der Waals surface area contributed by atoms with E-state index in [0.717, 1.165) is 16.1 Å². The van der Waals surface area contributed by atoms with Gasteiger partial charge in [-0.25, -0.2) is 4.79 Å². The molecular weight excluding hydrogens is 474 g/mol. The summed E-state index contributed by atoms with van der Waals surface area (Å²) in [4.78, 5) is 41.3. The fraction of sp³-hybridized carbons (Fsp3) is 0.143. The Balaban J connectivity index is 1.47. The number of carbonyl (C=O) groups excluding carboxylic acids is 3. The molecule has 0 spiro atoms. The number of para-hydroxylation sites is 1. The summed E-state index contributed by atoms with van der Waals surface area (Å²) in [5.41, 5.74) is 2.03. The number of thioether (sulfide) groups is 1. The summed E-state index contributed by atoms with van der Waals surface area (Å²) in [5.74, 6) is -1.79. The number of ether oxygens (including phenoxy) is 1. The van der Waals surface area contributed by atoms with Crippen molar-refractivity contribution in [2.24, 2.45) is 0 Å². The molecule has 1 unspecified atom stereocenters. The van der Waals surface area contributed by atoms with Crippen molar-refractivity contribution in [1.82, 2.24) is 5.32 Å². The first kappa shape index (κ1) is 24.8. The van der Waals surface area contributed by atoms with E-state index in [2.05, 4.69) is 5.32 Å². The second-order valence-electron chi connectivity index (χ2n) is 8.03. The van der Waals surface area contributed by atoms with Crippen LogP contribution in [-0.2, 0) is 20.7 Å². The molecule has 0 aliphatic carbocycles. The Hall–Kier alpha value is -4.35. The molecule has 3 aromatic rings. The van der Waals surface area contributed by atoms with E-state index in [0.29, 0.717) is 10.6 Å². The Morgan fingerprint density at radius 1 is 0.972 bits per heavy atom. The van der Waals surface area contributed by atoms with E-state index >= 15 is 0 Å². The highest BCUT2D eigenvalue weighted by Crippen LogP contribution is 2.46. The molecule has 180 valence electrons. The fourth-order valence-corrected chi connectivity index (χ4v) is 4.90. The third-order valence-electron chi connectivity index (χ3n) is 5.60. The van der Waals surface area contributed by atoms with E-state index in [1.54, 1.807) is 42.3 Å². The van der Waals surface area contributed by atoms with E-state index in [1.807, 2.05) is 60.7 Å². The second kappa shape index (κ2) is 11.4. The molecule has 0 fully saturated rings. The molecule has 8 heteroatoms. The third kappa shape index (κ3) is 5.65. The predicted octanol–water partition coefficient (Wildman–Crippen LogP) is 4.12. The van der Waals surface area contributed by atoms with Crippen LogP contribution in [0.3, 0.4) is 0 Å². The maximum Gasteiger partial charge on any atom is 0.329 e. The standard InChI is InChI=1S/C28H23N3O4S/c1-31-23-14-8-9-15-25(23)36-27(31)21(17-29)24(32)18-35-28(34)22(16-19-10-4-2-5-11-19)30-26(33)20-12-6-3-7-13-20/h2-15,22H,16,18H2,1H3,(H,30,33)/b27-21-. The Kier molecular flexibility index (Phi) is 7.83. The van der Waals surface area contributed by atoms with Gasteiger partial charge in [0.25, 0.3) is 5.91 Å². The van der Waals surface area contributed by atoms with Crippen molar-refractivity contribution in [3.05, 3.63) is 107 Å². The van der Waals surface area contributed by atoms with Gasteiger partial charge in [-0.3, -0.25) is 9.59 Å². The van der Waals surface area contributed by atoms with Crippen LogP contribution in [0.4, 0.5) is 5.69 Å². The third-order valence-corrected chi connectivity index (χ3v) is 6.83. The van der Waals surface area contributed by atoms with E-state index in [9.17, 15) is 19.6 Å². The van der Waals surface area contributed by atoms with Crippen molar-refractivity contribution in [1.29, 1.82) is 5.26 Å². The van der Waals surface area contributed by atoms with Gasteiger partial charge in [0.05, 0.1) is 5.69 Å². The van der Waals surface area contributed by atoms with Gasteiger partial charge in [-0.2, -0.15) is 5.26 Å². The van der Waals surface area contributed by atoms with Crippen molar-refractivity contribution in [2.75, 3.05) is 18.6 Å². The van der Waals surface area contributed by atoms with E-state index in [4.69, 9.17) is 4.74 Å². The number of anilines is 1. The predicted molar refractivity (Wildman–Crippen MR) is 137 cm³/mol. The molecule has 1 aliphatic rings. The van der Waals surface area contributed by atoms with Crippen LogP contribution < -0.4 is 10.2 Å². The van der Waals surface area contributed by atoms with Crippen LogP contribution in [0.2, 0.25) is 0 Å². The Morgan fingerprint density at radius 2 is 1.61 bits per heavy atom. The summed E-state index contributed by atoms with van der Waals surface area (Å²) in [6, 6.07) is 26.2. The second-order valence-corrected chi connectivity index (χ2v) is 9.06. The Bertz CT molecular complexity index is 1350. The first-order valence-corrected chi connectivity index (χ1v) is 12.0. The number of nitriles is 1. The number of fused-ring (bicyclic) bond motifs is 1. The highest BCUT2D eigenvalue weighted by Gasteiger charge is 2.29. The van der Waals surface area contributed by atoms with E-state index in [-0.39, 0.29) is 12.0 Å². The number of amides is 1. The highest BCUT2D eigenvalue weighted by molar-refractivity contribution is 8.03. The summed E-state index contributed by atoms with van der Waals surface area (Å²) < 4.78 is 5.31. The average molecular weight is 498 g/mol. The largest absolute Gasteiger partial charge is 0.456 e. The molecule has 0 saturated carbocycles. The number of nitrogens with zero attached hydrogens (tertiary/aromatic N) is 2. The lowest BCUT2D eigenvalue weighted by Gasteiger charge is -2.18. The maximum absolute atomic E-state index is 13.0. The van der Waals surface area contributed by atoms with Crippen LogP contribution in [0.15, 0.2) is 100 Å². The normalized spacial score (nSPS) is 14.3. The maximum atomic E-state index is 13.0. The molecule has 3 aromatic carbocycles. The van der Waals surface area contributed by atoms with Crippen LogP contribution in [0.25, 0.3) is 0 Å². The summed E-state index contributed by atoms with van der Waals surface area (Å²) in [7, 11) is 1.78. The minimum absolute atomic E-state index is 0.0839. The van der Waals surface area contributed by atoms with Gasteiger partial charge in [0, 0.05) is 23.9 Å². The number of hydrogen-bond donors (Lipinski definition) is 1. The topological polar surface area (TPSA) is 99.5 Å². The summed E-state index contributed by atoms with van der Waals surface area (Å²) >= 11 is 1.32. The molecule has 36 heavy (non-hydrogen) atoms. The number of carbonyl (C=O) groups is 3. The van der Waals surface area contributed by atoms with Gasteiger partial charge in [0.2, 0.25) is 5.78 Å². The zero-order valence-electron chi connectivity index (χ0n) is 19.5. The molecule has 0 radical (unpaired) electrons. The van der Waals surface area contributed by atoms with Gasteiger partial charge in [0.1, 0.15) is 22.7 Å². The fourth-order valence-electron chi connectivity index (χ4n) is 3.73. The van der Waals surface area contributed by atoms with Crippen molar-refractivity contribution in [2.45, 2.75) is 17.4 Å². The van der Waals surface area contributed by atoms with Gasteiger partial charge < -0.3 is 15.0 Å². The smallest absolute Gasteiger partial charge is 0.329 e. The lowest BCUT2D eigenvalue weighted by molar-refractivity contribution is -0.149. The van der Waals surface area contributed by atoms with Gasteiger partial charge in [0.15, 0.2) is 6.61 Å². The molecule has 0 aromatic heterocycles. The average Bonchev–Trinajstić information content (AvgIpc) is 3.24. The Morgan fingerprint density at radius 3 is 2.28 bits per heavy atom. The van der Waals surface area contributed by atoms with E-state index < -0.39 is 30.3 Å². The lowest BCUT2D eigenvalue weighted by atomic mass is 10.1. The number of rotatable bonds is 8. The van der Waals surface area contributed by atoms with Crippen molar-refractivity contribution in [3.63, 3.8) is 0 Å². The van der Waals surface area contributed by atoms with Gasteiger partial charge in [-0.15, -0.1) is 0 Å². The molecular formula is C28H23N3O4S. The zero-order chi connectivity index (χ0) is 25.5.